The first-order valence-corrected chi connectivity index (χ1v) is 3.69. The molecule has 1 rings (SSSR count). The number of cyclic esters (lactones) is 1. The predicted molar refractivity (Wildman–Crippen MR) is 42.0 cm³/mol. The van der Waals surface area contributed by atoms with Gasteiger partial charge in [0.25, 0.3) is 0 Å². The molecule has 1 aliphatic rings. The van der Waals surface area contributed by atoms with Crippen molar-refractivity contribution < 1.29 is 9.53 Å². The highest BCUT2D eigenvalue weighted by Crippen LogP contribution is 2.16. The molecule has 1 aliphatic heterocycles. The van der Waals surface area contributed by atoms with Gasteiger partial charge in [0.15, 0.2) is 0 Å². The summed E-state index contributed by atoms with van der Waals surface area (Å²) in [6.45, 7) is 1.76. The second kappa shape index (κ2) is 2.51. The minimum Gasteiger partial charge on any atom is -0.428 e. The van der Waals surface area contributed by atoms with Crippen molar-refractivity contribution >= 4 is 28.6 Å². The highest BCUT2D eigenvalue weighted by Gasteiger charge is 2.16. The van der Waals surface area contributed by atoms with E-state index in [9.17, 15) is 4.79 Å². The Morgan fingerprint density at radius 3 is 2.67 bits per heavy atom. The lowest BCUT2D eigenvalue weighted by Crippen LogP contribution is -1.94. The first-order chi connectivity index (χ1) is 4.24. The molecule has 3 heteroatoms. The van der Waals surface area contributed by atoms with Crippen molar-refractivity contribution in [1.82, 2.24) is 0 Å². The predicted octanol–water partition coefficient (Wildman–Crippen LogP) is 1.77. The molecule has 9 heavy (non-hydrogen) atoms. The van der Waals surface area contributed by atoms with Gasteiger partial charge in [0.2, 0.25) is 0 Å². The first kappa shape index (κ1) is 6.80. The molecule has 0 spiro atoms. The summed E-state index contributed by atoms with van der Waals surface area (Å²) < 4.78 is 6.42. The Morgan fingerprint density at radius 1 is 1.78 bits per heavy atom. The Hall–Kier alpha value is -0.320. The van der Waals surface area contributed by atoms with Crippen LogP contribution in [0.2, 0.25) is 0 Å². The van der Waals surface area contributed by atoms with Crippen molar-refractivity contribution in [3.63, 3.8) is 0 Å². The number of carbonyl (C=O) groups is 1. The van der Waals surface area contributed by atoms with Crippen LogP contribution in [0.4, 0.5) is 0 Å². The van der Waals surface area contributed by atoms with E-state index in [0.29, 0.717) is 11.3 Å². The van der Waals surface area contributed by atoms with E-state index < -0.39 is 0 Å². The van der Waals surface area contributed by atoms with Crippen LogP contribution in [-0.4, -0.2) is 5.97 Å². The molecule has 2 nitrogen and oxygen atoms in total. The van der Waals surface area contributed by atoms with Crippen molar-refractivity contribution in [2.45, 2.75) is 6.92 Å². The van der Waals surface area contributed by atoms with E-state index in [2.05, 4.69) is 0 Å². The van der Waals surface area contributed by atoms with Gasteiger partial charge < -0.3 is 4.74 Å². The van der Waals surface area contributed by atoms with Crippen molar-refractivity contribution in [3.05, 3.63) is 21.5 Å². The first-order valence-electron chi connectivity index (χ1n) is 2.45. The number of hydrogen-bond donors (Lipinski definition) is 0. The van der Waals surface area contributed by atoms with Crippen molar-refractivity contribution in [1.29, 1.82) is 0 Å². The minimum atomic E-state index is -0.248. The fourth-order valence-electron chi connectivity index (χ4n) is 0.589. The van der Waals surface area contributed by atoms with Gasteiger partial charge in [-0.25, -0.2) is 4.79 Å². The number of allylic oxidation sites excluding steroid dienone is 1. The largest absolute Gasteiger partial charge is 0.428 e. The van der Waals surface area contributed by atoms with E-state index >= 15 is 0 Å². The summed E-state index contributed by atoms with van der Waals surface area (Å²) in [5.41, 5.74) is 0.633. The van der Waals surface area contributed by atoms with Gasteiger partial charge in [-0.05, 0) is 17.1 Å². The van der Waals surface area contributed by atoms with E-state index in [1.165, 1.54) is 0 Å². The van der Waals surface area contributed by atoms with Crippen molar-refractivity contribution in [2.75, 3.05) is 0 Å². The summed E-state index contributed by atoms with van der Waals surface area (Å²) in [4.78, 5) is 10.7. The quantitative estimate of drug-likeness (QED) is 0.364. The molecule has 0 N–H and O–H groups in total. The summed E-state index contributed by atoms with van der Waals surface area (Å²) in [5, 5.41) is 0. The molecular formula is C6H5IO2. The summed E-state index contributed by atoms with van der Waals surface area (Å²) in [6, 6.07) is 0. The number of ether oxygens (including phenoxy) is 1. The van der Waals surface area contributed by atoms with Crippen LogP contribution in [0.15, 0.2) is 21.5 Å². The van der Waals surface area contributed by atoms with Crippen molar-refractivity contribution in [3.8, 4) is 0 Å². The molecule has 1 heterocycles. The van der Waals surface area contributed by atoms with Gasteiger partial charge >= 0.3 is 5.97 Å². The van der Waals surface area contributed by atoms with Crippen LogP contribution in [0.25, 0.3) is 0 Å². The molecule has 0 radical (unpaired) electrons. The number of rotatable bonds is 0. The second-order valence-corrected chi connectivity index (χ2v) is 2.33. The van der Waals surface area contributed by atoms with Crippen LogP contribution in [0.3, 0.4) is 0 Å². The lowest BCUT2D eigenvalue weighted by atomic mass is 10.3. The zero-order chi connectivity index (χ0) is 6.85. The molecule has 0 aliphatic carbocycles. The lowest BCUT2D eigenvalue weighted by molar-refractivity contribution is -0.133. The third-order valence-electron chi connectivity index (χ3n) is 0.966. The number of carbonyl (C=O) groups excluding carboxylic acids is 1. The zero-order valence-corrected chi connectivity index (χ0v) is 7.01. The topological polar surface area (TPSA) is 26.3 Å². The lowest BCUT2D eigenvalue weighted by Gasteiger charge is -1.89. The van der Waals surface area contributed by atoms with Gasteiger partial charge in [0.1, 0.15) is 5.76 Å². The molecule has 0 saturated heterocycles. The average molecular weight is 236 g/mol. The maximum Gasteiger partial charge on any atom is 0.343 e. The molecule has 0 atom stereocenters. The van der Waals surface area contributed by atoms with E-state index in [1.54, 1.807) is 17.1 Å². The highest BCUT2D eigenvalue weighted by molar-refractivity contribution is 14.1. The average Bonchev–Trinajstić information content (AvgIpc) is 2.10. The van der Waals surface area contributed by atoms with Crippen molar-refractivity contribution in [2.24, 2.45) is 0 Å². The fraction of sp³-hybridized carbons (Fsp3) is 0.167. The second-order valence-electron chi connectivity index (χ2n) is 1.71. The Labute approximate surface area is 66.7 Å². The third kappa shape index (κ3) is 1.32. The van der Waals surface area contributed by atoms with E-state index in [4.69, 9.17) is 4.74 Å². The molecular weight excluding hydrogens is 231 g/mol. The molecule has 0 fully saturated rings. The van der Waals surface area contributed by atoms with E-state index in [1.807, 2.05) is 22.6 Å². The molecule has 0 saturated carbocycles. The van der Waals surface area contributed by atoms with E-state index in [-0.39, 0.29) is 5.97 Å². The van der Waals surface area contributed by atoms with Gasteiger partial charge in [-0.3, -0.25) is 0 Å². The monoisotopic (exact) mass is 236 g/mol. The summed E-state index contributed by atoms with van der Waals surface area (Å²) in [6.07, 6.45) is 1.72. The van der Waals surface area contributed by atoms with Gasteiger partial charge in [0.05, 0.1) is 5.57 Å². The van der Waals surface area contributed by atoms with Crippen LogP contribution in [0.1, 0.15) is 6.92 Å². The van der Waals surface area contributed by atoms with E-state index in [0.717, 1.165) is 0 Å². The Morgan fingerprint density at radius 2 is 2.44 bits per heavy atom. The maximum absolute atomic E-state index is 10.7. The van der Waals surface area contributed by atoms with Crippen LogP contribution in [0.5, 0.6) is 0 Å². The van der Waals surface area contributed by atoms with Crippen LogP contribution in [0, 0.1) is 0 Å². The molecule has 0 bridgehead atoms. The van der Waals surface area contributed by atoms with Gasteiger partial charge in [-0.15, -0.1) is 0 Å². The SMILES string of the molecule is CC1=C/C(=C/I)C(=O)O1. The molecule has 0 amide bonds. The summed E-state index contributed by atoms with van der Waals surface area (Å²) >= 11 is 2.01. The van der Waals surface area contributed by atoms with Gasteiger partial charge in [-0.2, -0.15) is 0 Å². The number of esters is 1. The Kier molecular flexibility index (Phi) is 1.90. The maximum atomic E-state index is 10.7. The number of hydrogen-bond acceptors (Lipinski definition) is 2. The van der Waals surface area contributed by atoms with Gasteiger partial charge in [-0.1, -0.05) is 22.6 Å². The third-order valence-corrected chi connectivity index (χ3v) is 1.64. The smallest absolute Gasteiger partial charge is 0.343 e. The molecule has 0 unspecified atom stereocenters. The molecule has 0 aromatic carbocycles. The van der Waals surface area contributed by atoms with Crippen LogP contribution >= 0.6 is 22.6 Å². The molecule has 48 valence electrons. The normalized spacial score (nSPS) is 22.2. The Balaban J connectivity index is 2.89. The highest BCUT2D eigenvalue weighted by atomic mass is 127. The summed E-state index contributed by atoms with van der Waals surface area (Å²) in [7, 11) is 0. The van der Waals surface area contributed by atoms with Crippen LogP contribution < -0.4 is 0 Å². The Bertz CT molecular complexity index is 203. The van der Waals surface area contributed by atoms with Crippen LogP contribution in [-0.2, 0) is 9.53 Å². The fourth-order valence-corrected chi connectivity index (χ4v) is 1.02. The number of halogens is 1. The molecule has 0 aromatic rings. The molecule has 0 aromatic heterocycles. The van der Waals surface area contributed by atoms with Gasteiger partial charge in [0, 0.05) is 0 Å². The summed E-state index contributed by atoms with van der Waals surface area (Å²) in [5.74, 6) is 0.421. The zero-order valence-electron chi connectivity index (χ0n) is 4.85. The minimum absolute atomic E-state index is 0.248. The standard InChI is InChI=1S/C6H5IO2/c1-4-2-5(3-7)6(8)9-4/h2-3H,1H3/b5-3-.